The molecule has 0 saturated heterocycles. The highest BCUT2D eigenvalue weighted by Gasteiger charge is 2.15. The maximum absolute atomic E-state index is 10.6. The van der Waals surface area contributed by atoms with Gasteiger partial charge in [-0.25, -0.2) is 0 Å². The first-order chi connectivity index (χ1) is 14.6. The largest absolute Gasteiger partial charge is 0.494 e. The lowest BCUT2D eigenvalue weighted by Gasteiger charge is -2.24. The predicted molar refractivity (Wildman–Crippen MR) is 118 cm³/mol. The maximum atomic E-state index is 10.6. The zero-order valence-corrected chi connectivity index (χ0v) is 17.8. The van der Waals surface area contributed by atoms with Gasteiger partial charge in [0.25, 0.3) is 0 Å². The summed E-state index contributed by atoms with van der Waals surface area (Å²) >= 11 is 0. The molecule has 0 aliphatic rings. The van der Waals surface area contributed by atoms with Crippen LogP contribution in [-0.4, -0.2) is 35.9 Å². The van der Waals surface area contributed by atoms with E-state index in [-0.39, 0.29) is 6.61 Å². The Labute approximate surface area is 178 Å². The first kappa shape index (κ1) is 21.9. The van der Waals surface area contributed by atoms with Crippen molar-refractivity contribution in [2.24, 2.45) is 0 Å². The molecule has 0 aliphatic heterocycles. The SMILES string of the molecule is CCCOc1ccc(CN(Cc2ccco2)CC(O)COc2ccc(C)cc2)cc1. The number of nitrogens with zero attached hydrogens (tertiary/aromatic N) is 1. The van der Waals surface area contributed by atoms with Crippen LogP contribution in [0.3, 0.4) is 0 Å². The van der Waals surface area contributed by atoms with Crippen LogP contribution in [0.5, 0.6) is 11.5 Å². The molecule has 3 rings (SSSR count). The van der Waals surface area contributed by atoms with Crippen molar-refractivity contribution in [1.82, 2.24) is 4.90 Å². The molecule has 0 saturated carbocycles. The van der Waals surface area contributed by atoms with Crippen LogP contribution in [0.1, 0.15) is 30.2 Å². The quantitative estimate of drug-likeness (QED) is 0.465. The average Bonchev–Trinajstić information content (AvgIpc) is 3.26. The Hall–Kier alpha value is -2.76. The van der Waals surface area contributed by atoms with E-state index < -0.39 is 6.10 Å². The summed E-state index contributed by atoms with van der Waals surface area (Å²) in [5, 5.41) is 10.6. The van der Waals surface area contributed by atoms with Crippen LogP contribution in [0.2, 0.25) is 0 Å². The second kappa shape index (κ2) is 11.4. The summed E-state index contributed by atoms with van der Waals surface area (Å²) in [6.45, 7) is 6.86. The topological polar surface area (TPSA) is 55.1 Å². The zero-order chi connectivity index (χ0) is 21.2. The van der Waals surface area contributed by atoms with Crippen molar-refractivity contribution in [2.45, 2.75) is 39.5 Å². The van der Waals surface area contributed by atoms with E-state index in [0.29, 0.717) is 19.6 Å². The van der Waals surface area contributed by atoms with Gasteiger partial charge in [0.15, 0.2) is 0 Å². The van der Waals surface area contributed by atoms with Crippen molar-refractivity contribution in [3.8, 4) is 11.5 Å². The van der Waals surface area contributed by atoms with Crippen LogP contribution >= 0.6 is 0 Å². The van der Waals surface area contributed by atoms with Crippen molar-refractivity contribution in [2.75, 3.05) is 19.8 Å². The number of furan rings is 1. The summed E-state index contributed by atoms with van der Waals surface area (Å²) in [4.78, 5) is 2.16. The number of hydrogen-bond donors (Lipinski definition) is 1. The molecule has 2 aromatic carbocycles. The molecule has 0 spiro atoms. The molecule has 1 aromatic heterocycles. The van der Waals surface area contributed by atoms with Gasteiger partial charge in [0.2, 0.25) is 0 Å². The van der Waals surface area contributed by atoms with Crippen LogP contribution in [0.15, 0.2) is 71.3 Å². The Morgan fingerprint density at radius 1 is 0.933 bits per heavy atom. The molecule has 1 heterocycles. The Morgan fingerprint density at radius 2 is 1.63 bits per heavy atom. The minimum absolute atomic E-state index is 0.238. The predicted octanol–water partition coefficient (Wildman–Crippen LogP) is 4.82. The lowest BCUT2D eigenvalue weighted by atomic mass is 10.2. The summed E-state index contributed by atoms with van der Waals surface area (Å²) in [6.07, 6.45) is 2.04. The molecule has 5 heteroatoms. The van der Waals surface area contributed by atoms with Crippen molar-refractivity contribution in [3.63, 3.8) is 0 Å². The van der Waals surface area contributed by atoms with E-state index in [1.54, 1.807) is 6.26 Å². The van der Waals surface area contributed by atoms with Gasteiger partial charge in [0, 0.05) is 13.1 Å². The first-order valence-corrected chi connectivity index (χ1v) is 10.5. The molecule has 160 valence electrons. The Morgan fingerprint density at radius 3 is 2.30 bits per heavy atom. The molecule has 30 heavy (non-hydrogen) atoms. The molecule has 0 aliphatic carbocycles. The maximum Gasteiger partial charge on any atom is 0.119 e. The highest BCUT2D eigenvalue weighted by atomic mass is 16.5. The zero-order valence-electron chi connectivity index (χ0n) is 17.8. The highest BCUT2D eigenvalue weighted by Crippen LogP contribution is 2.17. The monoisotopic (exact) mass is 409 g/mol. The number of rotatable bonds is 12. The first-order valence-electron chi connectivity index (χ1n) is 10.5. The summed E-state index contributed by atoms with van der Waals surface area (Å²) in [5.41, 5.74) is 2.33. The van der Waals surface area contributed by atoms with Crippen LogP contribution in [0, 0.1) is 6.92 Å². The van der Waals surface area contributed by atoms with Gasteiger partial charge < -0.3 is 19.0 Å². The molecule has 5 nitrogen and oxygen atoms in total. The highest BCUT2D eigenvalue weighted by molar-refractivity contribution is 5.27. The molecule has 0 amide bonds. The third kappa shape index (κ3) is 7.25. The molecule has 0 bridgehead atoms. The van der Waals surface area contributed by atoms with Crippen LogP contribution in [0.4, 0.5) is 0 Å². The van der Waals surface area contributed by atoms with Crippen LogP contribution < -0.4 is 9.47 Å². The Bertz CT molecular complexity index is 844. The molecule has 0 fully saturated rings. The van der Waals surface area contributed by atoms with E-state index in [1.165, 1.54) is 5.56 Å². The number of benzene rings is 2. The van der Waals surface area contributed by atoms with Gasteiger partial charge in [-0.1, -0.05) is 36.8 Å². The molecule has 1 atom stereocenters. The van der Waals surface area contributed by atoms with Gasteiger partial charge in [-0.15, -0.1) is 0 Å². The molecule has 1 N–H and O–H groups in total. The minimum atomic E-state index is -0.617. The smallest absolute Gasteiger partial charge is 0.119 e. The van der Waals surface area contributed by atoms with Gasteiger partial charge in [-0.05, 0) is 55.3 Å². The lowest BCUT2D eigenvalue weighted by molar-refractivity contribution is 0.0604. The summed E-state index contributed by atoms with van der Waals surface area (Å²) in [5.74, 6) is 2.51. The van der Waals surface area contributed by atoms with Crippen molar-refractivity contribution in [1.29, 1.82) is 0 Å². The fourth-order valence-electron chi connectivity index (χ4n) is 3.15. The van der Waals surface area contributed by atoms with E-state index in [1.807, 2.05) is 55.5 Å². The minimum Gasteiger partial charge on any atom is -0.494 e. The van der Waals surface area contributed by atoms with Crippen molar-refractivity contribution < 1.29 is 19.0 Å². The second-order valence-corrected chi connectivity index (χ2v) is 7.52. The van der Waals surface area contributed by atoms with Gasteiger partial charge in [-0.2, -0.15) is 0 Å². The molecule has 0 radical (unpaired) electrons. The van der Waals surface area contributed by atoms with E-state index in [2.05, 4.69) is 24.0 Å². The van der Waals surface area contributed by atoms with Crippen LogP contribution in [-0.2, 0) is 13.1 Å². The normalized spacial score (nSPS) is 12.1. The van der Waals surface area contributed by atoms with E-state index in [9.17, 15) is 5.11 Å². The van der Waals surface area contributed by atoms with Gasteiger partial charge in [-0.3, -0.25) is 4.90 Å². The number of aliphatic hydroxyl groups excluding tert-OH is 1. The summed E-state index contributed by atoms with van der Waals surface area (Å²) < 4.78 is 16.9. The van der Waals surface area contributed by atoms with Crippen molar-refractivity contribution in [3.05, 3.63) is 83.8 Å². The van der Waals surface area contributed by atoms with E-state index >= 15 is 0 Å². The van der Waals surface area contributed by atoms with E-state index in [0.717, 1.165) is 35.9 Å². The van der Waals surface area contributed by atoms with Crippen LogP contribution in [0.25, 0.3) is 0 Å². The number of aliphatic hydroxyl groups is 1. The average molecular weight is 410 g/mol. The van der Waals surface area contributed by atoms with Gasteiger partial charge >= 0.3 is 0 Å². The third-order valence-electron chi connectivity index (χ3n) is 4.69. The number of aryl methyl sites for hydroxylation is 1. The number of ether oxygens (including phenoxy) is 2. The third-order valence-corrected chi connectivity index (χ3v) is 4.69. The number of hydrogen-bond acceptors (Lipinski definition) is 5. The van der Waals surface area contributed by atoms with Crippen molar-refractivity contribution >= 4 is 0 Å². The van der Waals surface area contributed by atoms with Gasteiger partial charge in [0.05, 0.1) is 19.4 Å². The Kier molecular flexibility index (Phi) is 8.36. The summed E-state index contributed by atoms with van der Waals surface area (Å²) in [6, 6.07) is 19.8. The molecule has 1 unspecified atom stereocenters. The van der Waals surface area contributed by atoms with E-state index in [4.69, 9.17) is 13.9 Å². The Balaban J connectivity index is 1.57. The molecule has 3 aromatic rings. The fourth-order valence-corrected chi connectivity index (χ4v) is 3.15. The lowest BCUT2D eigenvalue weighted by Crippen LogP contribution is -2.35. The van der Waals surface area contributed by atoms with Gasteiger partial charge in [0.1, 0.15) is 30.0 Å². The second-order valence-electron chi connectivity index (χ2n) is 7.52. The standard InChI is InChI=1S/C25H31NO4/c1-3-14-28-23-12-8-21(9-13-23)16-26(18-25-5-4-15-29-25)17-22(27)19-30-24-10-6-20(2)7-11-24/h4-13,15,22,27H,3,14,16-19H2,1-2H3. The molecular formula is C25H31NO4. The molecular weight excluding hydrogens is 378 g/mol. The summed E-state index contributed by atoms with van der Waals surface area (Å²) in [7, 11) is 0. The fraction of sp³-hybridized carbons (Fsp3) is 0.360.